The molecule has 1 aromatic rings. The lowest BCUT2D eigenvalue weighted by molar-refractivity contribution is 0.525. The van der Waals surface area contributed by atoms with Crippen molar-refractivity contribution in [1.82, 2.24) is 0 Å². The number of benzene rings is 1. The van der Waals surface area contributed by atoms with Gasteiger partial charge in [0.1, 0.15) is 0 Å². The molecule has 0 saturated heterocycles. The molecule has 0 fully saturated rings. The van der Waals surface area contributed by atoms with E-state index in [1.54, 1.807) is 0 Å². The lowest BCUT2D eigenvalue weighted by Gasteiger charge is -2.16. The molecule has 0 aliphatic carbocycles. The minimum absolute atomic E-state index is 0.261. The second-order valence-electron chi connectivity index (χ2n) is 4.52. The van der Waals surface area contributed by atoms with E-state index in [0.717, 1.165) is 12.8 Å². The molecule has 0 aliphatic heterocycles. The van der Waals surface area contributed by atoms with Gasteiger partial charge in [-0.1, -0.05) is 38.5 Å². The molecule has 15 heavy (non-hydrogen) atoms. The SMILES string of the molecule is CCC(C)C(Cl)Cc1ccc(C)c(C)c1. The van der Waals surface area contributed by atoms with Gasteiger partial charge in [-0.25, -0.2) is 0 Å². The lowest BCUT2D eigenvalue weighted by atomic mass is 9.96. The summed E-state index contributed by atoms with van der Waals surface area (Å²) in [7, 11) is 0. The van der Waals surface area contributed by atoms with Crippen LogP contribution < -0.4 is 0 Å². The van der Waals surface area contributed by atoms with Gasteiger partial charge < -0.3 is 0 Å². The molecule has 0 spiro atoms. The van der Waals surface area contributed by atoms with Crippen LogP contribution in [-0.4, -0.2) is 5.38 Å². The number of halogens is 1. The highest BCUT2D eigenvalue weighted by atomic mass is 35.5. The standard InChI is InChI=1S/C14H21Cl/c1-5-10(2)14(15)9-13-7-6-11(3)12(4)8-13/h6-8,10,14H,5,9H2,1-4H3. The number of alkyl halides is 1. The van der Waals surface area contributed by atoms with Gasteiger partial charge in [-0.3, -0.25) is 0 Å². The Morgan fingerprint density at radius 1 is 1.20 bits per heavy atom. The number of hydrogen-bond donors (Lipinski definition) is 0. The average Bonchev–Trinajstić information content (AvgIpc) is 2.22. The zero-order valence-corrected chi connectivity index (χ0v) is 10.9. The molecule has 0 aliphatic rings. The summed E-state index contributed by atoms with van der Waals surface area (Å²) in [6.45, 7) is 8.72. The van der Waals surface area contributed by atoms with Gasteiger partial charge in [-0.2, -0.15) is 0 Å². The van der Waals surface area contributed by atoms with Gasteiger partial charge in [-0.15, -0.1) is 11.6 Å². The Kier molecular flexibility index (Phi) is 4.66. The van der Waals surface area contributed by atoms with Crippen LogP contribution in [0, 0.1) is 19.8 Å². The zero-order valence-electron chi connectivity index (χ0n) is 10.2. The minimum atomic E-state index is 0.261. The second kappa shape index (κ2) is 5.55. The van der Waals surface area contributed by atoms with Crippen molar-refractivity contribution in [2.75, 3.05) is 0 Å². The molecule has 1 rings (SSSR count). The maximum absolute atomic E-state index is 6.36. The van der Waals surface area contributed by atoms with Gasteiger partial charge in [-0.05, 0) is 42.9 Å². The van der Waals surface area contributed by atoms with Crippen LogP contribution in [0.4, 0.5) is 0 Å². The van der Waals surface area contributed by atoms with Crippen LogP contribution in [0.3, 0.4) is 0 Å². The van der Waals surface area contributed by atoms with Gasteiger partial charge in [0.15, 0.2) is 0 Å². The van der Waals surface area contributed by atoms with Crippen molar-refractivity contribution in [3.8, 4) is 0 Å². The third-order valence-electron chi connectivity index (χ3n) is 3.26. The fourth-order valence-electron chi connectivity index (χ4n) is 1.61. The molecule has 0 N–H and O–H groups in total. The predicted octanol–water partition coefficient (Wildman–Crippen LogP) is 4.50. The first kappa shape index (κ1) is 12.6. The van der Waals surface area contributed by atoms with Crippen LogP contribution >= 0.6 is 11.6 Å². The summed E-state index contributed by atoms with van der Waals surface area (Å²) in [6.07, 6.45) is 2.14. The quantitative estimate of drug-likeness (QED) is 0.661. The first-order chi connectivity index (χ1) is 7.04. The highest BCUT2D eigenvalue weighted by Gasteiger charge is 2.13. The van der Waals surface area contributed by atoms with Crippen molar-refractivity contribution in [3.05, 3.63) is 34.9 Å². The summed E-state index contributed by atoms with van der Waals surface area (Å²) in [5, 5.41) is 0.261. The van der Waals surface area contributed by atoms with E-state index in [-0.39, 0.29) is 5.38 Å². The predicted molar refractivity (Wildman–Crippen MR) is 68.7 cm³/mol. The molecule has 1 heteroatoms. The molecule has 0 aromatic heterocycles. The first-order valence-corrected chi connectivity index (χ1v) is 6.18. The molecular weight excluding hydrogens is 204 g/mol. The van der Waals surface area contributed by atoms with Gasteiger partial charge in [0.25, 0.3) is 0 Å². The summed E-state index contributed by atoms with van der Waals surface area (Å²) in [5.74, 6) is 0.591. The van der Waals surface area contributed by atoms with Gasteiger partial charge in [0.2, 0.25) is 0 Å². The van der Waals surface area contributed by atoms with Crippen molar-refractivity contribution in [1.29, 1.82) is 0 Å². The van der Waals surface area contributed by atoms with Crippen LogP contribution in [0.5, 0.6) is 0 Å². The van der Waals surface area contributed by atoms with Crippen molar-refractivity contribution in [2.24, 2.45) is 5.92 Å². The van der Waals surface area contributed by atoms with Crippen molar-refractivity contribution < 1.29 is 0 Å². The fraction of sp³-hybridized carbons (Fsp3) is 0.571. The van der Waals surface area contributed by atoms with Crippen LogP contribution in [0.15, 0.2) is 18.2 Å². The van der Waals surface area contributed by atoms with Crippen molar-refractivity contribution in [3.63, 3.8) is 0 Å². The summed E-state index contributed by atoms with van der Waals surface area (Å²) < 4.78 is 0. The molecule has 0 amide bonds. The largest absolute Gasteiger partial charge is 0.122 e. The van der Waals surface area contributed by atoms with Crippen LogP contribution in [0.1, 0.15) is 37.0 Å². The van der Waals surface area contributed by atoms with Crippen molar-refractivity contribution >= 4 is 11.6 Å². The third-order valence-corrected chi connectivity index (χ3v) is 3.85. The van der Waals surface area contributed by atoms with E-state index in [1.807, 2.05) is 0 Å². The van der Waals surface area contributed by atoms with E-state index in [4.69, 9.17) is 11.6 Å². The molecular formula is C14H21Cl. The Hall–Kier alpha value is -0.490. The highest BCUT2D eigenvalue weighted by molar-refractivity contribution is 6.20. The van der Waals surface area contributed by atoms with Crippen LogP contribution in [-0.2, 0) is 6.42 Å². The second-order valence-corrected chi connectivity index (χ2v) is 5.08. The molecule has 0 heterocycles. The first-order valence-electron chi connectivity index (χ1n) is 5.74. The topological polar surface area (TPSA) is 0 Å². The number of hydrogen-bond acceptors (Lipinski definition) is 0. The molecule has 0 saturated carbocycles. The van der Waals surface area contributed by atoms with E-state index in [2.05, 4.69) is 45.9 Å². The molecule has 0 bridgehead atoms. The Morgan fingerprint density at radius 3 is 2.40 bits per heavy atom. The Balaban J connectivity index is 2.68. The molecule has 0 radical (unpaired) electrons. The normalized spacial score (nSPS) is 15.0. The van der Waals surface area contributed by atoms with E-state index in [0.29, 0.717) is 5.92 Å². The smallest absolute Gasteiger partial charge is 0.0401 e. The zero-order chi connectivity index (χ0) is 11.4. The van der Waals surface area contributed by atoms with Gasteiger partial charge >= 0.3 is 0 Å². The maximum Gasteiger partial charge on any atom is 0.0401 e. The highest BCUT2D eigenvalue weighted by Crippen LogP contribution is 2.20. The van der Waals surface area contributed by atoms with Crippen molar-refractivity contribution in [2.45, 2.75) is 45.9 Å². The minimum Gasteiger partial charge on any atom is -0.122 e. The van der Waals surface area contributed by atoms with E-state index >= 15 is 0 Å². The van der Waals surface area contributed by atoms with E-state index in [1.165, 1.54) is 16.7 Å². The van der Waals surface area contributed by atoms with Crippen LogP contribution in [0.2, 0.25) is 0 Å². The molecule has 1 aromatic carbocycles. The molecule has 84 valence electrons. The van der Waals surface area contributed by atoms with E-state index < -0.39 is 0 Å². The summed E-state index contributed by atoms with van der Waals surface area (Å²) in [4.78, 5) is 0. The fourth-order valence-corrected chi connectivity index (χ4v) is 1.97. The Labute approximate surface area is 98.7 Å². The summed E-state index contributed by atoms with van der Waals surface area (Å²) in [6, 6.07) is 6.64. The summed E-state index contributed by atoms with van der Waals surface area (Å²) >= 11 is 6.36. The molecule has 2 unspecified atom stereocenters. The Bertz CT molecular complexity index is 317. The monoisotopic (exact) mass is 224 g/mol. The third kappa shape index (κ3) is 3.53. The van der Waals surface area contributed by atoms with Crippen LogP contribution in [0.25, 0.3) is 0 Å². The Morgan fingerprint density at radius 2 is 1.87 bits per heavy atom. The number of rotatable bonds is 4. The number of aryl methyl sites for hydroxylation is 2. The molecule has 2 atom stereocenters. The average molecular weight is 225 g/mol. The maximum atomic E-state index is 6.36. The van der Waals surface area contributed by atoms with Gasteiger partial charge in [0.05, 0.1) is 0 Å². The van der Waals surface area contributed by atoms with E-state index in [9.17, 15) is 0 Å². The summed E-state index contributed by atoms with van der Waals surface area (Å²) in [5.41, 5.74) is 4.08. The lowest BCUT2D eigenvalue weighted by Crippen LogP contribution is -2.13. The molecule has 0 nitrogen and oxygen atoms in total. The van der Waals surface area contributed by atoms with Gasteiger partial charge in [0, 0.05) is 5.38 Å².